The predicted octanol–water partition coefficient (Wildman–Crippen LogP) is -0.530. The number of phenolic OH excluding ortho intramolecular Hbond substituents is 4. The van der Waals surface area contributed by atoms with Gasteiger partial charge >= 0.3 is 0 Å². The average Bonchev–Trinajstić information content (AvgIpc) is 2.82. The van der Waals surface area contributed by atoms with Gasteiger partial charge < -0.3 is 59.5 Å². The maximum Gasteiger partial charge on any atom is 0.239 e. The second-order valence-corrected chi connectivity index (χ2v) is 7.76. The van der Waals surface area contributed by atoms with Gasteiger partial charge in [-0.25, -0.2) is 0 Å². The molecule has 2 heterocycles. The summed E-state index contributed by atoms with van der Waals surface area (Å²) in [6, 6.07) is 4.19. The number of ether oxygens (including phenoxy) is 3. The average molecular weight is 494 g/mol. The number of aromatic hydroxyl groups is 4. The molecule has 2 aromatic carbocycles. The molecule has 0 aliphatic carbocycles. The van der Waals surface area contributed by atoms with Crippen molar-refractivity contribution in [3.8, 4) is 45.8 Å². The second-order valence-electron chi connectivity index (χ2n) is 7.76. The lowest BCUT2D eigenvalue weighted by Crippen LogP contribution is -2.60. The Morgan fingerprint density at radius 2 is 1.60 bits per heavy atom. The molecule has 35 heavy (non-hydrogen) atoms. The van der Waals surface area contributed by atoms with Gasteiger partial charge in [0.2, 0.25) is 23.2 Å². The van der Waals surface area contributed by atoms with E-state index in [-0.39, 0.29) is 11.3 Å². The molecule has 8 N–H and O–H groups in total. The molecule has 1 fully saturated rings. The summed E-state index contributed by atoms with van der Waals surface area (Å²) in [5, 5.41) is 79.4. The number of aliphatic hydroxyl groups excluding tert-OH is 4. The summed E-state index contributed by atoms with van der Waals surface area (Å²) in [4.78, 5) is 13.5. The van der Waals surface area contributed by atoms with E-state index < -0.39 is 88.2 Å². The van der Waals surface area contributed by atoms with Crippen molar-refractivity contribution in [1.82, 2.24) is 0 Å². The van der Waals surface area contributed by atoms with Gasteiger partial charge in [0.25, 0.3) is 0 Å². The van der Waals surface area contributed by atoms with Gasteiger partial charge in [0.15, 0.2) is 28.6 Å². The van der Waals surface area contributed by atoms with Gasteiger partial charge in [-0.3, -0.25) is 4.79 Å². The maximum absolute atomic E-state index is 13.5. The molecule has 1 aromatic heterocycles. The SMILES string of the molecule is COc1c(O)cc(O)c2c(=O)c(O[C@H]3O[C@H](CO)[C@H](O)[C@@H](O)[C@H]3O)c(-c3ccc(O)c(O)c3)oc12. The highest BCUT2D eigenvalue weighted by Gasteiger charge is 2.45. The largest absolute Gasteiger partial charge is 0.507 e. The van der Waals surface area contributed by atoms with Crippen molar-refractivity contribution in [3.05, 3.63) is 34.5 Å². The third-order valence-corrected chi connectivity index (χ3v) is 5.56. The zero-order valence-electron chi connectivity index (χ0n) is 18.0. The molecular weight excluding hydrogens is 472 g/mol. The smallest absolute Gasteiger partial charge is 0.239 e. The Kier molecular flexibility index (Phi) is 6.36. The van der Waals surface area contributed by atoms with E-state index >= 15 is 0 Å². The Balaban J connectivity index is 1.97. The minimum atomic E-state index is -1.88. The molecule has 0 radical (unpaired) electrons. The standard InChI is InChI=1S/C22H22O13/c1-32-19-11(27)5-10(26)13-15(29)21(35-22-17(31)16(30)14(28)12(6-23)33-22)18(34-20(13)19)7-2-3-8(24)9(25)4-7/h2-5,12,14,16-17,22-28,30-31H,6H2,1H3/t12-,14+,16-,17-,22-/m1/s1. The summed E-state index contributed by atoms with van der Waals surface area (Å²) < 4.78 is 21.7. The number of aliphatic hydroxyl groups is 4. The topological polar surface area (TPSA) is 220 Å². The van der Waals surface area contributed by atoms with E-state index in [9.17, 15) is 45.6 Å². The number of hydrogen-bond acceptors (Lipinski definition) is 13. The molecule has 1 aliphatic heterocycles. The summed E-state index contributed by atoms with van der Waals surface area (Å²) in [6.45, 7) is -0.757. The van der Waals surface area contributed by atoms with Crippen LogP contribution in [0.5, 0.6) is 34.5 Å². The normalized spacial score (nSPS) is 24.4. The summed E-state index contributed by atoms with van der Waals surface area (Å²) in [5.41, 5.74) is -1.44. The quantitative estimate of drug-likeness (QED) is 0.209. The van der Waals surface area contributed by atoms with Crippen LogP contribution in [0.25, 0.3) is 22.3 Å². The van der Waals surface area contributed by atoms with Gasteiger partial charge in [-0.2, -0.15) is 0 Å². The van der Waals surface area contributed by atoms with E-state index in [4.69, 9.17) is 18.6 Å². The molecule has 1 aliphatic rings. The number of fused-ring (bicyclic) bond motifs is 1. The van der Waals surface area contributed by atoms with Gasteiger partial charge in [-0.05, 0) is 18.2 Å². The number of methoxy groups -OCH3 is 1. The molecule has 0 amide bonds. The van der Waals surface area contributed by atoms with Crippen molar-refractivity contribution in [2.75, 3.05) is 13.7 Å². The lowest BCUT2D eigenvalue weighted by atomic mass is 9.99. The van der Waals surface area contributed by atoms with Crippen LogP contribution in [-0.2, 0) is 4.74 Å². The molecule has 13 heteroatoms. The molecule has 13 nitrogen and oxygen atoms in total. The zero-order chi connectivity index (χ0) is 25.6. The predicted molar refractivity (Wildman–Crippen MR) is 116 cm³/mol. The van der Waals surface area contributed by atoms with Gasteiger partial charge in [0, 0.05) is 11.6 Å². The van der Waals surface area contributed by atoms with Crippen molar-refractivity contribution in [2.45, 2.75) is 30.7 Å². The van der Waals surface area contributed by atoms with Gasteiger partial charge in [0.1, 0.15) is 35.6 Å². The number of benzene rings is 2. The van der Waals surface area contributed by atoms with Crippen LogP contribution in [0.4, 0.5) is 0 Å². The third-order valence-electron chi connectivity index (χ3n) is 5.56. The fraction of sp³-hybridized carbons (Fsp3) is 0.318. The summed E-state index contributed by atoms with van der Waals surface area (Å²) in [7, 11) is 1.18. The first-order valence-electron chi connectivity index (χ1n) is 10.2. The lowest BCUT2D eigenvalue weighted by molar-refractivity contribution is -0.277. The van der Waals surface area contributed by atoms with Crippen LogP contribution >= 0.6 is 0 Å². The Hall–Kier alpha value is -3.75. The van der Waals surface area contributed by atoms with Crippen molar-refractivity contribution in [3.63, 3.8) is 0 Å². The maximum atomic E-state index is 13.5. The number of rotatable bonds is 5. The van der Waals surface area contributed by atoms with Crippen LogP contribution in [0.15, 0.2) is 33.5 Å². The molecule has 0 bridgehead atoms. The molecule has 0 unspecified atom stereocenters. The van der Waals surface area contributed by atoms with Gasteiger partial charge in [-0.1, -0.05) is 0 Å². The van der Waals surface area contributed by atoms with Crippen molar-refractivity contribution < 1.29 is 59.5 Å². The van der Waals surface area contributed by atoms with Gasteiger partial charge in [-0.15, -0.1) is 0 Å². The van der Waals surface area contributed by atoms with Crippen LogP contribution < -0.4 is 14.9 Å². The monoisotopic (exact) mass is 494 g/mol. The fourth-order valence-electron chi connectivity index (χ4n) is 3.74. The van der Waals surface area contributed by atoms with Crippen LogP contribution in [0.1, 0.15) is 0 Å². The first-order valence-corrected chi connectivity index (χ1v) is 10.2. The fourth-order valence-corrected chi connectivity index (χ4v) is 3.74. The van der Waals surface area contributed by atoms with E-state index in [1.54, 1.807) is 0 Å². The second kappa shape index (κ2) is 9.13. The number of phenols is 4. The highest BCUT2D eigenvalue weighted by atomic mass is 16.7. The van der Waals surface area contributed by atoms with Gasteiger partial charge in [0.05, 0.1) is 13.7 Å². The van der Waals surface area contributed by atoms with Crippen LogP contribution in [0.3, 0.4) is 0 Å². The van der Waals surface area contributed by atoms with E-state index in [0.717, 1.165) is 18.2 Å². The molecule has 1 saturated heterocycles. The first kappa shape index (κ1) is 24.4. The number of hydrogen-bond donors (Lipinski definition) is 8. The molecule has 3 aromatic rings. The molecular formula is C22H22O13. The minimum Gasteiger partial charge on any atom is -0.507 e. The van der Waals surface area contributed by atoms with Crippen LogP contribution in [-0.4, -0.2) is 85.3 Å². The third kappa shape index (κ3) is 4.05. The summed E-state index contributed by atoms with van der Waals surface area (Å²) >= 11 is 0. The summed E-state index contributed by atoms with van der Waals surface area (Å²) in [6.07, 6.45) is -8.53. The lowest BCUT2D eigenvalue weighted by Gasteiger charge is -2.39. The molecule has 188 valence electrons. The molecule has 4 rings (SSSR count). The Bertz CT molecular complexity index is 1320. The Morgan fingerprint density at radius 3 is 2.23 bits per heavy atom. The highest BCUT2D eigenvalue weighted by Crippen LogP contribution is 2.44. The molecule has 0 saturated carbocycles. The van der Waals surface area contributed by atoms with E-state index in [0.29, 0.717) is 0 Å². The van der Waals surface area contributed by atoms with E-state index in [1.807, 2.05) is 0 Å². The zero-order valence-corrected chi connectivity index (χ0v) is 18.0. The first-order chi connectivity index (χ1) is 16.6. The van der Waals surface area contributed by atoms with Crippen molar-refractivity contribution in [2.24, 2.45) is 0 Å². The van der Waals surface area contributed by atoms with Crippen molar-refractivity contribution >= 4 is 11.0 Å². The van der Waals surface area contributed by atoms with E-state index in [1.165, 1.54) is 13.2 Å². The van der Waals surface area contributed by atoms with E-state index in [2.05, 4.69) is 0 Å². The molecule has 5 atom stereocenters. The summed E-state index contributed by atoms with van der Waals surface area (Å²) in [5.74, 6) is -3.71. The van der Waals surface area contributed by atoms with Crippen LogP contribution in [0.2, 0.25) is 0 Å². The molecule has 0 spiro atoms. The van der Waals surface area contributed by atoms with Crippen LogP contribution in [0, 0.1) is 0 Å². The van der Waals surface area contributed by atoms with Crippen molar-refractivity contribution in [1.29, 1.82) is 0 Å². The minimum absolute atomic E-state index is 0.0243. The Labute approximate surface area is 195 Å². The Morgan fingerprint density at radius 1 is 0.886 bits per heavy atom. The highest BCUT2D eigenvalue weighted by molar-refractivity contribution is 5.93.